The van der Waals surface area contributed by atoms with Crippen LogP contribution >= 0.6 is 24.0 Å². The maximum atomic E-state index is 13.2. The van der Waals surface area contributed by atoms with Crippen LogP contribution in [0.2, 0.25) is 5.02 Å². The number of halogens is 5. The highest BCUT2D eigenvalue weighted by atomic mass is 35.5. The molecule has 14 heteroatoms. The lowest BCUT2D eigenvalue weighted by Crippen LogP contribution is -2.48. The second-order valence-electron chi connectivity index (χ2n) is 9.08. The van der Waals surface area contributed by atoms with E-state index in [-0.39, 0.29) is 40.6 Å². The maximum Gasteiger partial charge on any atom is 0.416 e. The normalized spacial score (nSPS) is 15.4. The Kier molecular flexibility index (Phi) is 8.74. The molecule has 5 rings (SSSR count). The Labute approximate surface area is 240 Å². The third kappa shape index (κ3) is 6.57. The third-order valence-electron chi connectivity index (χ3n) is 6.43. The molecule has 1 amide bonds. The van der Waals surface area contributed by atoms with Crippen LogP contribution in [0.1, 0.15) is 21.5 Å². The minimum absolute atomic E-state index is 0. The number of ether oxygens (including phenoxy) is 2. The van der Waals surface area contributed by atoms with E-state index in [1.807, 2.05) is 18.2 Å². The minimum Gasteiger partial charge on any atom is -0.454 e. The molecule has 0 aliphatic carbocycles. The molecule has 0 bridgehead atoms. The van der Waals surface area contributed by atoms with Gasteiger partial charge in [0.05, 0.1) is 21.2 Å². The molecule has 1 saturated heterocycles. The van der Waals surface area contributed by atoms with Crippen molar-refractivity contribution >= 4 is 45.6 Å². The summed E-state index contributed by atoms with van der Waals surface area (Å²) in [5.41, 5.74) is -0.254. The van der Waals surface area contributed by atoms with Gasteiger partial charge >= 0.3 is 6.18 Å². The Hall–Kier alpha value is -3.19. The lowest BCUT2D eigenvalue weighted by molar-refractivity contribution is -0.137. The highest BCUT2D eigenvalue weighted by molar-refractivity contribution is 7.92. The largest absolute Gasteiger partial charge is 0.454 e. The highest BCUT2D eigenvalue weighted by Gasteiger charge is 2.32. The molecule has 8 nitrogen and oxygen atoms in total. The van der Waals surface area contributed by atoms with Crippen LogP contribution in [-0.2, 0) is 22.7 Å². The summed E-state index contributed by atoms with van der Waals surface area (Å²) in [4.78, 5) is 16.7. The summed E-state index contributed by atoms with van der Waals surface area (Å²) in [5.74, 6) is 1.08. The molecule has 0 spiro atoms. The number of nitrogens with zero attached hydrogens (tertiary/aromatic N) is 2. The molecule has 2 heterocycles. The van der Waals surface area contributed by atoms with Gasteiger partial charge in [0.1, 0.15) is 0 Å². The molecule has 3 aromatic rings. The Morgan fingerprint density at radius 3 is 2.40 bits per heavy atom. The fourth-order valence-electron chi connectivity index (χ4n) is 4.37. The monoisotopic (exact) mass is 617 g/mol. The standard InChI is InChI=1S/C26H23ClF3N3O5S.ClH/c27-21-6-5-19(26(28,29)30)14-22(21)31-39(35,36)20-3-1-2-18(13-20)25(34)33-10-8-32(9-11-33)15-17-4-7-23-24(12-17)38-16-37-23;/h1-7,12-14,31H,8-11,15-16H2;1H. The zero-order valence-electron chi connectivity index (χ0n) is 20.8. The van der Waals surface area contributed by atoms with E-state index in [4.69, 9.17) is 21.1 Å². The first-order valence-corrected chi connectivity index (χ1v) is 13.8. The third-order valence-corrected chi connectivity index (χ3v) is 8.12. The second kappa shape index (κ2) is 11.7. The van der Waals surface area contributed by atoms with Crippen molar-refractivity contribution in [3.05, 3.63) is 82.4 Å². The molecule has 2 aliphatic rings. The number of anilines is 1. The zero-order valence-corrected chi connectivity index (χ0v) is 23.2. The quantitative estimate of drug-likeness (QED) is 0.405. The van der Waals surface area contributed by atoms with Crippen molar-refractivity contribution < 1.29 is 35.9 Å². The lowest BCUT2D eigenvalue weighted by Gasteiger charge is -2.34. The van der Waals surface area contributed by atoms with Crippen LogP contribution in [0.25, 0.3) is 0 Å². The molecule has 40 heavy (non-hydrogen) atoms. The van der Waals surface area contributed by atoms with Crippen molar-refractivity contribution in [2.75, 3.05) is 37.7 Å². The SMILES string of the molecule is Cl.O=C(c1cccc(S(=O)(=O)Nc2cc(C(F)(F)F)ccc2Cl)c1)N1CCN(Cc2ccc3c(c2)OCO3)CC1. The topological polar surface area (TPSA) is 88.2 Å². The van der Waals surface area contributed by atoms with Crippen molar-refractivity contribution in [3.8, 4) is 11.5 Å². The fraction of sp³-hybridized carbons (Fsp3) is 0.269. The second-order valence-corrected chi connectivity index (χ2v) is 11.2. The Balaban J connectivity index is 0.00000370. The number of fused-ring (bicyclic) bond motifs is 1. The first-order chi connectivity index (χ1) is 18.5. The molecular weight excluding hydrogens is 594 g/mol. The summed E-state index contributed by atoms with van der Waals surface area (Å²) in [5, 5.41) is -0.197. The predicted molar refractivity (Wildman–Crippen MR) is 145 cm³/mol. The molecule has 0 saturated carbocycles. The predicted octanol–water partition coefficient (Wildman–Crippen LogP) is 5.27. The Morgan fingerprint density at radius 2 is 1.68 bits per heavy atom. The van der Waals surface area contributed by atoms with Gasteiger partial charge in [-0.3, -0.25) is 14.4 Å². The van der Waals surface area contributed by atoms with Crippen LogP contribution in [0.4, 0.5) is 18.9 Å². The van der Waals surface area contributed by atoms with Crippen molar-refractivity contribution in [1.82, 2.24) is 9.80 Å². The van der Waals surface area contributed by atoms with Gasteiger partial charge in [-0.1, -0.05) is 23.7 Å². The molecule has 0 unspecified atom stereocenters. The summed E-state index contributed by atoms with van der Waals surface area (Å²) < 4.78 is 78.0. The lowest BCUT2D eigenvalue weighted by atomic mass is 10.1. The number of hydrogen-bond donors (Lipinski definition) is 1. The van der Waals surface area contributed by atoms with E-state index < -0.39 is 27.5 Å². The first-order valence-electron chi connectivity index (χ1n) is 11.9. The van der Waals surface area contributed by atoms with Crippen LogP contribution in [0.3, 0.4) is 0 Å². The number of sulfonamides is 1. The molecule has 0 aromatic heterocycles. The average molecular weight is 618 g/mol. The Bertz CT molecular complexity index is 1510. The van der Waals surface area contributed by atoms with E-state index in [2.05, 4.69) is 9.62 Å². The molecular formula is C26H24Cl2F3N3O5S. The van der Waals surface area contributed by atoms with Gasteiger partial charge in [-0.2, -0.15) is 13.2 Å². The Morgan fingerprint density at radius 1 is 0.950 bits per heavy atom. The maximum absolute atomic E-state index is 13.2. The highest BCUT2D eigenvalue weighted by Crippen LogP contribution is 2.35. The van der Waals surface area contributed by atoms with Gasteiger partial charge in [0.15, 0.2) is 11.5 Å². The van der Waals surface area contributed by atoms with E-state index in [9.17, 15) is 26.4 Å². The summed E-state index contributed by atoms with van der Waals surface area (Å²) in [6, 6.07) is 13.5. The summed E-state index contributed by atoms with van der Waals surface area (Å²) in [6.45, 7) is 3.01. The van der Waals surface area contributed by atoms with Gasteiger partial charge in [0.2, 0.25) is 6.79 Å². The zero-order chi connectivity index (χ0) is 27.8. The van der Waals surface area contributed by atoms with E-state index in [1.165, 1.54) is 24.3 Å². The summed E-state index contributed by atoms with van der Waals surface area (Å²) in [7, 11) is -4.33. The summed E-state index contributed by atoms with van der Waals surface area (Å²) in [6.07, 6.45) is -4.67. The minimum atomic E-state index is -4.67. The van der Waals surface area contributed by atoms with E-state index in [0.717, 1.165) is 17.7 Å². The number of alkyl halides is 3. The van der Waals surface area contributed by atoms with Gasteiger partial charge in [0.25, 0.3) is 15.9 Å². The number of rotatable bonds is 6. The molecule has 0 radical (unpaired) electrons. The van der Waals surface area contributed by atoms with Crippen LogP contribution < -0.4 is 14.2 Å². The van der Waals surface area contributed by atoms with E-state index >= 15 is 0 Å². The van der Waals surface area contributed by atoms with Crippen LogP contribution in [0.15, 0.2) is 65.6 Å². The number of amides is 1. The van der Waals surface area contributed by atoms with Crippen molar-refractivity contribution in [1.29, 1.82) is 0 Å². The number of nitrogens with one attached hydrogen (secondary N) is 1. The average Bonchev–Trinajstić information content (AvgIpc) is 3.37. The number of carbonyl (C=O) groups excluding carboxylic acids is 1. The molecule has 3 aromatic carbocycles. The number of benzene rings is 3. The number of piperazine rings is 1. The van der Waals surface area contributed by atoms with Gasteiger partial charge in [-0.05, 0) is 54.1 Å². The van der Waals surface area contributed by atoms with Gasteiger partial charge in [-0.15, -0.1) is 12.4 Å². The van der Waals surface area contributed by atoms with Crippen molar-refractivity contribution in [2.45, 2.75) is 17.6 Å². The van der Waals surface area contributed by atoms with Crippen LogP contribution in [0.5, 0.6) is 11.5 Å². The molecule has 1 fully saturated rings. The van der Waals surface area contributed by atoms with Crippen molar-refractivity contribution in [2.24, 2.45) is 0 Å². The number of hydrogen-bond acceptors (Lipinski definition) is 6. The molecule has 0 atom stereocenters. The van der Waals surface area contributed by atoms with Crippen LogP contribution in [0, 0.1) is 0 Å². The molecule has 214 valence electrons. The fourth-order valence-corrected chi connectivity index (χ4v) is 5.71. The van der Waals surface area contributed by atoms with E-state index in [1.54, 1.807) is 4.90 Å². The van der Waals surface area contributed by atoms with Gasteiger partial charge in [-0.25, -0.2) is 8.42 Å². The number of carbonyl (C=O) groups is 1. The van der Waals surface area contributed by atoms with Crippen LogP contribution in [-0.4, -0.2) is 57.1 Å². The summed E-state index contributed by atoms with van der Waals surface area (Å²) >= 11 is 5.94. The van der Waals surface area contributed by atoms with E-state index in [0.29, 0.717) is 50.3 Å². The molecule has 1 N–H and O–H groups in total. The smallest absolute Gasteiger partial charge is 0.416 e. The van der Waals surface area contributed by atoms with Crippen molar-refractivity contribution in [3.63, 3.8) is 0 Å². The molecule has 2 aliphatic heterocycles. The van der Waals surface area contributed by atoms with Gasteiger partial charge < -0.3 is 14.4 Å². The first kappa shape index (κ1) is 29.8. The van der Waals surface area contributed by atoms with Gasteiger partial charge in [0, 0.05) is 38.3 Å².